The first kappa shape index (κ1) is 31.2. The molecule has 1 amide bonds. The third-order valence-electron chi connectivity index (χ3n) is 8.35. The fourth-order valence-electron chi connectivity index (χ4n) is 6.05. The maximum Gasteiger partial charge on any atom is 0.434 e. The van der Waals surface area contributed by atoms with Gasteiger partial charge in [-0.3, -0.25) is 4.79 Å². The van der Waals surface area contributed by atoms with Crippen molar-refractivity contribution in [3.8, 4) is 11.6 Å². The van der Waals surface area contributed by atoms with E-state index in [1.54, 1.807) is 17.0 Å². The van der Waals surface area contributed by atoms with E-state index in [4.69, 9.17) is 4.74 Å². The third-order valence-corrected chi connectivity index (χ3v) is 8.35. The van der Waals surface area contributed by atoms with Crippen LogP contribution < -0.4 is 4.74 Å². The van der Waals surface area contributed by atoms with Gasteiger partial charge in [-0.15, -0.1) is 0 Å². The number of carboxylic acid groups (broad SMARTS) is 1. The lowest BCUT2D eigenvalue weighted by atomic mass is 9.88. The summed E-state index contributed by atoms with van der Waals surface area (Å²) in [7, 11) is 0. The van der Waals surface area contributed by atoms with E-state index >= 15 is 0 Å². The lowest BCUT2D eigenvalue weighted by Gasteiger charge is -2.33. The summed E-state index contributed by atoms with van der Waals surface area (Å²) < 4.78 is 48.2. The molecule has 1 fully saturated rings. The Balaban J connectivity index is 1.33. The Kier molecular flexibility index (Phi) is 9.10. The van der Waals surface area contributed by atoms with Gasteiger partial charge in [-0.2, -0.15) is 18.3 Å². The second-order valence-corrected chi connectivity index (χ2v) is 11.4. The maximum absolute atomic E-state index is 13.8. The number of aliphatic hydroxyl groups excluding tert-OH is 1. The summed E-state index contributed by atoms with van der Waals surface area (Å²) in [4.78, 5) is 29.7. The van der Waals surface area contributed by atoms with Crippen molar-refractivity contribution >= 4 is 17.4 Å². The number of ether oxygens (including phenoxy) is 1. The molecule has 1 atom stereocenters. The van der Waals surface area contributed by atoms with Crippen LogP contribution in [0.4, 0.5) is 13.2 Å². The molecule has 12 heteroatoms. The molecule has 0 spiro atoms. The number of piperidine rings is 1. The van der Waals surface area contributed by atoms with Crippen molar-refractivity contribution in [3.05, 3.63) is 76.2 Å². The highest BCUT2D eigenvalue weighted by Gasteiger charge is 2.41. The number of nitrogens with zero attached hydrogens (tertiary/aromatic N) is 4. The van der Waals surface area contributed by atoms with E-state index in [2.05, 4.69) is 16.1 Å². The van der Waals surface area contributed by atoms with Gasteiger partial charge < -0.3 is 19.8 Å². The molecule has 2 N–H and O–H groups in total. The number of pyridine rings is 1. The number of aromatic nitrogens is 3. The summed E-state index contributed by atoms with van der Waals surface area (Å²) in [6, 6.07) is 10.8. The summed E-state index contributed by atoms with van der Waals surface area (Å²) in [5, 5.41) is 22.6. The Labute approximate surface area is 253 Å². The van der Waals surface area contributed by atoms with Crippen LogP contribution in [-0.2, 0) is 11.0 Å². The molecule has 0 radical (unpaired) electrons. The van der Waals surface area contributed by atoms with E-state index in [1.165, 1.54) is 18.6 Å². The highest BCUT2D eigenvalue weighted by Crippen LogP contribution is 2.36. The van der Waals surface area contributed by atoms with Gasteiger partial charge in [0.05, 0.1) is 11.9 Å². The van der Waals surface area contributed by atoms with Crippen LogP contribution in [0.1, 0.15) is 84.2 Å². The highest BCUT2D eigenvalue weighted by molar-refractivity contribution is 5.89. The minimum atomic E-state index is -4.94. The van der Waals surface area contributed by atoms with Crippen LogP contribution in [0.25, 0.3) is 11.4 Å². The van der Waals surface area contributed by atoms with E-state index in [9.17, 15) is 33.0 Å². The second kappa shape index (κ2) is 12.8. The van der Waals surface area contributed by atoms with Gasteiger partial charge in [-0.25, -0.2) is 14.5 Å². The van der Waals surface area contributed by atoms with Gasteiger partial charge in [0.15, 0.2) is 11.5 Å². The highest BCUT2D eigenvalue weighted by atomic mass is 19.4. The number of alkyl halides is 3. The Hall–Kier alpha value is -4.19. The van der Waals surface area contributed by atoms with Gasteiger partial charge in [0.1, 0.15) is 24.0 Å². The van der Waals surface area contributed by atoms with Crippen molar-refractivity contribution in [2.75, 3.05) is 19.7 Å². The number of carbonyl (C=O) groups excluding carboxylic acids is 1. The van der Waals surface area contributed by atoms with E-state index < -0.39 is 29.5 Å². The predicted octanol–water partition coefficient (Wildman–Crippen LogP) is 5.79. The van der Waals surface area contributed by atoms with E-state index in [0.717, 1.165) is 54.6 Å². The standard InChI is InChI=1S/C32H35F3N4O5/c1-19-16-22(21-12-14-38(15-13-21)30(41)20(2)40)10-11-27(19)44-18-23-6-3-4-7-24(23)26-8-5-9-28(37-26)39-29(32(33,34)35)25(17-36-39)31(42)43/h5,8-11,16-17,20-21,40H,3-4,6-7,12-15,18H2,1-2H3,(H,42,43)/t20-/m0/s1. The number of hydrogen-bond acceptors (Lipinski definition) is 6. The van der Waals surface area contributed by atoms with Crippen LogP contribution in [0.5, 0.6) is 5.75 Å². The SMILES string of the molecule is Cc1cc(C2CCN(C(=O)[C@H](C)O)CC2)ccc1OCC1=C(c2cccc(-n3ncc(C(=O)O)c3C(F)(F)F)n2)CCCC1. The van der Waals surface area contributed by atoms with E-state index in [1.807, 2.05) is 19.1 Å². The Bertz CT molecular complexity index is 1570. The molecule has 3 heterocycles. The summed E-state index contributed by atoms with van der Waals surface area (Å²) in [5.74, 6) is -1.02. The van der Waals surface area contributed by atoms with Crippen LogP contribution in [-0.4, -0.2) is 67.6 Å². The fourth-order valence-corrected chi connectivity index (χ4v) is 6.05. The lowest BCUT2D eigenvalue weighted by Crippen LogP contribution is -2.42. The van der Waals surface area contributed by atoms with Crippen LogP contribution in [0.2, 0.25) is 0 Å². The summed E-state index contributed by atoms with van der Waals surface area (Å²) in [6.45, 7) is 5.00. The number of halogens is 3. The quantitative estimate of drug-likeness (QED) is 0.331. The predicted molar refractivity (Wildman–Crippen MR) is 156 cm³/mol. The average molecular weight is 613 g/mol. The minimum absolute atomic E-state index is 0.117. The van der Waals surface area contributed by atoms with Crippen LogP contribution in [0, 0.1) is 6.92 Å². The zero-order chi connectivity index (χ0) is 31.6. The maximum atomic E-state index is 13.8. The molecule has 0 unspecified atom stereocenters. The first-order valence-corrected chi connectivity index (χ1v) is 14.7. The van der Waals surface area contributed by atoms with Gasteiger partial charge in [-0.05, 0) is 98.8 Å². The summed E-state index contributed by atoms with van der Waals surface area (Å²) >= 11 is 0. The van der Waals surface area contributed by atoms with Gasteiger partial charge in [0.2, 0.25) is 0 Å². The minimum Gasteiger partial charge on any atom is -0.489 e. The molecular weight excluding hydrogens is 577 g/mol. The molecule has 9 nitrogen and oxygen atoms in total. The molecule has 0 saturated carbocycles. The average Bonchev–Trinajstić information content (AvgIpc) is 3.47. The van der Waals surface area contributed by atoms with Crippen molar-refractivity contribution in [1.82, 2.24) is 19.7 Å². The first-order chi connectivity index (χ1) is 20.9. The molecule has 5 rings (SSSR count). The number of aryl methyl sites for hydroxylation is 1. The number of benzene rings is 1. The number of carbonyl (C=O) groups is 2. The van der Waals surface area contributed by atoms with Crippen molar-refractivity contribution in [2.45, 2.75) is 70.6 Å². The second-order valence-electron chi connectivity index (χ2n) is 11.4. The zero-order valence-electron chi connectivity index (χ0n) is 24.6. The van der Waals surface area contributed by atoms with Crippen molar-refractivity contribution < 1.29 is 37.7 Å². The largest absolute Gasteiger partial charge is 0.489 e. The van der Waals surface area contributed by atoms with Gasteiger partial charge in [0, 0.05) is 13.1 Å². The monoisotopic (exact) mass is 612 g/mol. The number of allylic oxidation sites excluding steroid dienone is 1. The molecule has 234 valence electrons. The van der Waals surface area contributed by atoms with Crippen LogP contribution >= 0.6 is 0 Å². The normalized spacial score (nSPS) is 17.1. The number of rotatable bonds is 8. The summed E-state index contributed by atoms with van der Waals surface area (Å²) in [6.07, 6.45) is -0.289. The molecule has 1 aliphatic carbocycles. The van der Waals surface area contributed by atoms with Gasteiger partial charge in [0.25, 0.3) is 5.91 Å². The number of likely N-dealkylation sites (tertiary alicyclic amines) is 1. The summed E-state index contributed by atoms with van der Waals surface area (Å²) in [5.41, 5.74) is 2.28. The molecule has 44 heavy (non-hydrogen) atoms. The van der Waals surface area contributed by atoms with E-state index in [-0.39, 0.29) is 11.7 Å². The Morgan fingerprint density at radius 2 is 1.84 bits per heavy atom. The number of amides is 1. The van der Waals surface area contributed by atoms with Crippen molar-refractivity contribution in [1.29, 1.82) is 0 Å². The van der Waals surface area contributed by atoms with Crippen molar-refractivity contribution in [2.24, 2.45) is 0 Å². The molecule has 1 aliphatic heterocycles. The smallest absolute Gasteiger partial charge is 0.434 e. The zero-order valence-corrected chi connectivity index (χ0v) is 24.6. The van der Waals surface area contributed by atoms with E-state index in [0.29, 0.717) is 48.6 Å². The Morgan fingerprint density at radius 3 is 2.50 bits per heavy atom. The molecule has 1 saturated heterocycles. The van der Waals surface area contributed by atoms with Gasteiger partial charge >= 0.3 is 12.1 Å². The lowest BCUT2D eigenvalue weighted by molar-refractivity contribution is -0.143. The van der Waals surface area contributed by atoms with Crippen molar-refractivity contribution in [3.63, 3.8) is 0 Å². The molecule has 3 aromatic rings. The first-order valence-electron chi connectivity index (χ1n) is 14.7. The molecule has 2 aromatic heterocycles. The number of aliphatic hydroxyl groups is 1. The van der Waals surface area contributed by atoms with Crippen LogP contribution in [0.3, 0.4) is 0 Å². The number of carboxylic acids is 1. The number of aromatic carboxylic acids is 1. The number of hydrogen-bond donors (Lipinski definition) is 2. The molecular formula is C32H35F3N4O5. The molecule has 1 aromatic carbocycles. The van der Waals surface area contributed by atoms with Crippen LogP contribution in [0.15, 0.2) is 48.2 Å². The Morgan fingerprint density at radius 1 is 1.11 bits per heavy atom. The third kappa shape index (κ3) is 6.64. The fraction of sp³-hybridized carbons (Fsp3) is 0.438. The topological polar surface area (TPSA) is 118 Å². The molecule has 0 bridgehead atoms. The molecule has 2 aliphatic rings. The van der Waals surface area contributed by atoms with Gasteiger partial charge in [-0.1, -0.05) is 18.2 Å².